The quantitative estimate of drug-likeness (QED) is 0.611. The van der Waals surface area contributed by atoms with Gasteiger partial charge in [0.15, 0.2) is 0 Å². The molecule has 0 amide bonds. The Labute approximate surface area is 96.2 Å². The lowest BCUT2D eigenvalue weighted by Gasteiger charge is -2.34. The van der Waals surface area contributed by atoms with Crippen molar-refractivity contribution in [2.45, 2.75) is 32.2 Å². The molecule has 16 heavy (non-hydrogen) atoms. The number of nitrogen functional groups attached to an aromatic ring is 1. The Balaban J connectivity index is 2.27. The van der Waals surface area contributed by atoms with Gasteiger partial charge in [0, 0.05) is 17.9 Å². The van der Waals surface area contributed by atoms with Crippen LogP contribution in [-0.4, -0.2) is 18.9 Å². The normalized spacial score (nSPS) is 20.8. The number of carbonyl (C=O) groups excluding carboxylic acids is 1. The molecule has 1 aliphatic rings. The minimum atomic E-state index is 0.0387. The minimum Gasteiger partial charge on any atom is -0.399 e. The third kappa shape index (κ3) is 2.03. The number of hydrogen-bond donors (Lipinski definition) is 1. The van der Waals surface area contributed by atoms with Crippen LogP contribution in [0.1, 0.15) is 24.8 Å². The van der Waals surface area contributed by atoms with E-state index in [9.17, 15) is 4.79 Å². The predicted molar refractivity (Wildman–Crippen MR) is 66.6 cm³/mol. The summed E-state index contributed by atoms with van der Waals surface area (Å²) < 4.78 is 0. The number of carbonyl (C=O) groups is 1. The molecule has 1 atom stereocenters. The number of rotatable bonds is 2. The second kappa shape index (κ2) is 4.56. The van der Waals surface area contributed by atoms with Crippen molar-refractivity contribution in [3.05, 3.63) is 23.8 Å². The standard InChI is InChI=1S/C13H18N2O/c1-10-8-11(5-6-13(10)14)15-7-3-2-4-12(15)9-16/h5-6,8-9,12H,2-4,7,14H2,1H3. The fourth-order valence-corrected chi connectivity index (χ4v) is 2.26. The highest BCUT2D eigenvalue weighted by Gasteiger charge is 2.21. The van der Waals surface area contributed by atoms with E-state index >= 15 is 0 Å². The third-order valence-electron chi connectivity index (χ3n) is 3.29. The van der Waals surface area contributed by atoms with Crippen LogP contribution >= 0.6 is 0 Å². The number of nitrogens with zero attached hydrogens (tertiary/aromatic N) is 1. The lowest BCUT2D eigenvalue weighted by Crippen LogP contribution is -2.40. The van der Waals surface area contributed by atoms with Crippen LogP contribution in [0.4, 0.5) is 11.4 Å². The molecule has 1 fully saturated rings. The number of hydrogen-bond acceptors (Lipinski definition) is 3. The van der Waals surface area contributed by atoms with Gasteiger partial charge in [-0.2, -0.15) is 0 Å². The highest BCUT2D eigenvalue weighted by atomic mass is 16.1. The molecule has 0 bridgehead atoms. The highest BCUT2D eigenvalue weighted by molar-refractivity contribution is 5.68. The van der Waals surface area contributed by atoms with E-state index in [0.717, 1.165) is 49.0 Å². The van der Waals surface area contributed by atoms with E-state index < -0.39 is 0 Å². The maximum atomic E-state index is 11.0. The van der Waals surface area contributed by atoms with Gasteiger partial charge in [-0.3, -0.25) is 0 Å². The van der Waals surface area contributed by atoms with E-state index in [-0.39, 0.29) is 6.04 Å². The van der Waals surface area contributed by atoms with E-state index in [4.69, 9.17) is 5.73 Å². The Morgan fingerprint density at radius 3 is 2.94 bits per heavy atom. The molecule has 0 aromatic heterocycles. The van der Waals surface area contributed by atoms with Crippen molar-refractivity contribution < 1.29 is 4.79 Å². The van der Waals surface area contributed by atoms with Crippen LogP contribution in [0.15, 0.2) is 18.2 Å². The number of anilines is 2. The molecule has 0 spiro atoms. The molecule has 2 rings (SSSR count). The summed E-state index contributed by atoms with van der Waals surface area (Å²) in [7, 11) is 0. The highest BCUT2D eigenvalue weighted by Crippen LogP contribution is 2.26. The van der Waals surface area contributed by atoms with Crippen molar-refractivity contribution in [2.75, 3.05) is 17.2 Å². The van der Waals surface area contributed by atoms with Crippen molar-refractivity contribution in [3.8, 4) is 0 Å². The molecule has 2 N–H and O–H groups in total. The second-order valence-corrected chi connectivity index (χ2v) is 4.43. The van der Waals surface area contributed by atoms with Crippen LogP contribution in [0.25, 0.3) is 0 Å². The van der Waals surface area contributed by atoms with Crippen molar-refractivity contribution in [1.82, 2.24) is 0 Å². The largest absolute Gasteiger partial charge is 0.399 e. The summed E-state index contributed by atoms with van der Waals surface area (Å²) in [5.41, 5.74) is 8.80. The van der Waals surface area contributed by atoms with Gasteiger partial charge in [0.2, 0.25) is 0 Å². The molecule has 1 unspecified atom stereocenters. The van der Waals surface area contributed by atoms with Crippen LogP contribution in [0.3, 0.4) is 0 Å². The van der Waals surface area contributed by atoms with Gasteiger partial charge in [-0.25, -0.2) is 0 Å². The zero-order valence-corrected chi connectivity index (χ0v) is 9.65. The monoisotopic (exact) mass is 218 g/mol. The maximum Gasteiger partial charge on any atom is 0.142 e. The number of benzene rings is 1. The fourth-order valence-electron chi connectivity index (χ4n) is 2.26. The van der Waals surface area contributed by atoms with Gasteiger partial charge in [-0.1, -0.05) is 0 Å². The summed E-state index contributed by atoms with van der Waals surface area (Å²) in [5.74, 6) is 0. The van der Waals surface area contributed by atoms with E-state index in [1.165, 1.54) is 0 Å². The van der Waals surface area contributed by atoms with Crippen LogP contribution in [0.5, 0.6) is 0 Å². The number of piperidine rings is 1. The molecule has 1 aromatic carbocycles. The molecule has 0 aliphatic carbocycles. The topological polar surface area (TPSA) is 46.3 Å². The maximum absolute atomic E-state index is 11.0. The van der Waals surface area contributed by atoms with Gasteiger partial charge in [0.1, 0.15) is 6.29 Å². The van der Waals surface area contributed by atoms with Gasteiger partial charge in [0.25, 0.3) is 0 Å². The first kappa shape index (κ1) is 11.0. The van der Waals surface area contributed by atoms with Gasteiger partial charge in [0.05, 0.1) is 6.04 Å². The molecule has 86 valence electrons. The van der Waals surface area contributed by atoms with Crippen LogP contribution in [0.2, 0.25) is 0 Å². The minimum absolute atomic E-state index is 0.0387. The van der Waals surface area contributed by atoms with Crippen LogP contribution in [-0.2, 0) is 4.79 Å². The first-order valence-electron chi connectivity index (χ1n) is 5.80. The average Bonchev–Trinajstić information content (AvgIpc) is 2.32. The van der Waals surface area contributed by atoms with Gasteiger partial charge < -0.3 is 15.4 Å². The number of aldehydes is 1. The Hall–Kier alpha value is -1.51. The van der Waals surface area contributed by atoms with Crippen LogP contribution < -0.4 is 10.6 Å². The summed E-state index contributed by atoms with van der Waals surface area (Å²) in [6, 6.07) is 6.03. The molecular weight excluding hydrogens is 200 g/mol. The first-order valence-corrected chi connectivity index (χ1v) is 5.80. The van der Waals surface area contributed by atoms with Crippen molar-refractivity contribution in [2.24, 2.45) is 0 Å². The summed E-state index contributed by atoms with van der Waals surface area (Å²) in [6.07, 6.45) is 4.33. The van der Waals surface area contributed by atoms with Crippen LogP contribution in [0, 0.1) is 6.92 Å². The Morgan fingerprint density at radius 2 is 2.25 bits per heavy atom. The second-order valence-electron chi connectivity index (χ2n) is 4.43. The first-order chi connectivity index (χ1) is 7.72. The van der Waals surface area contributed by atoms with E-state index in [0.29, 0.717) is 0 Å². The molecule has 1 heterocycles. The van der Waals surface area contributed by atoms with Gasteiger partial charge in [-0.05, 0) is 49.9 Å². The van der Waals surface area contributed by atoms with Gasteiger partial charge in [-0.15, -0.1) is 0 Å². The Bertz CT molecular complexity index is 390. The molecule has 1 aliphatic heterocycles. The molecule has 1 saturated heterocycles. The lowest BCUT2D eigenvalue weighted by molar-refractivity contribution is -0.109. The Morgan fingerprint density at radius 1 is 1.44 bits per heavy atom. The lowest BCUT2D eigenvalue weighted by atomic mass is 10.0. The molecule has 0 radical (unpaired) electrons. The summed E-state index contributed by atoms with van der Waals surface area (Å²) in [4.78, 5) is 13.2. The molecule has 1 aromatic rings. The van der Waals surface area contributed by atoms with Gasteiger partial charge >= 0.3 is 0 Å². The summed E-state index contributed by atoms with van der Waals surface area (Å²) in [5, 5.41) is 0. The SMILES string of the molecule is Cc1cc(N2CCCCC2C=O)ccc1N. The van der Waals surface area contributed by atoms with Crippen molar-refractivity contribution >= 4 is 17.7 Å². The van der Waals surface area contributed by atoms with E-state index in [2.05, 4.69) is 11.0 Å². The predicted octanol–water partition coefficient (Wildman–Crippen LogP) is 2.14. The zero-order valence-electron chi connectivity index (χ0n) is 9.65. The molecule has 3 heteroatoms. The smallest absolute Gasteiger partial charge is 0.142 e. The van der Waals surface area contributed by atoms with E-state index in [1.54, 1.807) is 0 Å². The molecular formula is C13H18N2O. The third-order valence-corrected chi connectivity index (χ3v) is 3.29. The van der Waals surface area contributed by atoms with E-state index in [1.807, 2.05) is 19.1 Å². The Kier molecular flexibility index (Phi) is 3.13. The summed E-state index contributed by atoms with van der Waals surface area (Å²) in [6.45, 7) is 2.96. The number of aryl methyl sites for hydroxylation is 1. The fraction of sp³-hybridized carbons (Fsp3) is 0.462. The van der Waals surface area contributed by atoms with Crippen molar-refractivity contribution in [3.63, 3.8) is 0 Å². The van der Waals surface area contributed by atoms with Crippen molar-refractivity contribution in [1.29, 1.82) is 0 Å². The zero-order chi connectivity index (χ0) is 11.5. The summed E-state index contributed by atoms with van der Waals surface area (Å²) >= 11 is 0. The average molecular weight is 218 g/mol. The molecule has 0 saturated carbocycles. The number of nitrogens with two attached hydrogens (primary N) is 1. The molecule has 3 nitrogen and oxygen atoms in total.